The van der Waals surface area contributed by atoms with Crippen LogP contribution < -0.4 is 5.32 Å². The van der Waals surface area contributed by atoms with Gasteiger partial charge in [-0.3, -0.25) is 14.9 Å². The van der Waals surface area contributed by atoms with Crippen molar-refractivity contribution in [3.8, 4) is 0 Å². The molecule has 2 aromatic rings. The van der Waals surface area contributed by atoms with E-state index in [0.717, 1.165) is 28.5 Å². The molecule has 4 rings (SSSR count). The molecule has 0 spiro atoms. The van der Waals surface area contributed by atoms with Crippen LogP contribution in [0.15, 0.2) is 36.5 Å². The fraction of sp³-hybridized carbons (Fsp3) is 0.267. The molecule has 1 unspecified atom stereocenters. The molecule has 2 amide bonds. The lowest BCUT2D eigenvalue weighted by Crippen LogP contribution is -2.51. The third kappa shape index (κ3) is 1.68. The molecule has 0 radical (unpaired) electrons. The number of hydrogen-bond donors (Lipinski definition) is 1. The third-order valence-corrected chi connectivity index (χ3v) is 5.28. The van der Waals surface area contributed by atoms with E-state index in [0.29, 0.717) is 6.54 Å². The molecule has 0 aliphatic carbocycles. The second-order valence-electron chi connectivity index (χ2n) is 5.14. The summed E-state index contributed by atoms with van der Waals surface area (Å²) in [6, 6.07) is 9.59. The van der Waals surface area contributed by atoms with Crippen molar-refractivity contribution >= 4 is 23.5 Å². The van der Waals surface area contributed by atoms with Gasteiger partial charge in [0.2, 0.25) is 0 Å². The molecule has 5 nitrogen and oxygen atoms in total. The predicted octanol–water partition coefficient (Wildman–Crippen LogP) is 2.58. The van der Waals surface area contributed by atoms with Crippen LogP contribution in [0.25, 0.3) is 0 Å². The van der Waals surface area contributed by atoms with E-state index in [1.54, 1.807) is 18.0 Å². The molecule has 0 saturated carbocycles. The second kappa shape index (κ2) is 4.46. The Morgan fingerprint density at radius 3 is 3.10 bits per heavy atom. The molecule has 1 N–H and O–H groups in total. The van der Waals surface area contributed by atoms with Crippen molar-refractivity contribution in [2.75, 3.05) is 17.6 Å². The second-order valence-corrected chi connectivity index (χ2v) is 6.43. The number of carbonyl (C=O) groups is 1. The van der Waals surface area contributed by atoms with Crippen LogP contribution >= 0.6 is 11.8 Å². The molecular weight excluding hydrogens is 284 g/mol. The number of rotatable bonds is 1. The number of carbonyl (C=O) groups excluding carboxylic acids is 1. The molecule has 1 atom stereocenters. The molecule has 21 heavy (non-hydrogen) atoms. The van der Waals surface area contributed by atoms with Gasteiger partial charge in [-0.2, -0.15) is 0 Å². The monoisotopic (exact) mass is 298 g/mol. The molecule has 1 saturated heterocycles. The molecular formula is C15H14N4OS. The number of hydrogen-bond acceptors (Lipinski definition) is 4. The van der Waals surface area contributed by atoms with E-state index in [4.69, 9.17) is 0 Å². The van der Waals surface area contributed by atoms with Gasteiger partial charge in [0.05, 0.1) is 11.4 Å². The summed E-state index contributed by atoms with van der Waals surface area (Å²) in [4.78, 5) is 22.9. The van der Waals surface area contributed by atoms with Crippen LogP contribution in [0.3, 0.4) is 0 Å². The van der Waals surface area contributed by atoms with E-state index in [-0.39, 0.29) is 6.03 Å². The van der Waals surface area contributed by atoms with Crippen molar-refractivity contribution in [2.45, 2.75) is 11.8 Å². The van der Waals surface area contributed by atoms with Gasteiger partial charge in [-0.1, -0.05) is 6.07 Å². The fourth-order valence-corrected chi connectivity index (χ4v) is 4.45. The van der Waals surface area contributed by atoms with Gasteiger partial charge in [0.15, 0.2) is 4.87 Å². The topological polar surface area (TPSA) is 58.1 Å². The van der Waals surface area contributed by atoms with Gasteiger partial charge in [-0.05, 0) is 31.2 Å². The van der Waals surface area contributed by atoms with Crippen LogP contribution in [0.1, 0.15) is 17.1 Å². The van der Waals surface area contributed by atoms with Crippen LogP contribution in [0.4, 0.5) is 10.5 Å². The number of urea groups is 1. The van der Waals surface area contributed by atoms with Crippen molar-refractivity contribution in [1.82, 2.24) is 14.9 Å². The summed E-state index contributed by atoms with van der Waals surface area (Å²) in [7, 11) is 0. The zero-order valence-corrected chi connectivity index (χ0v) is 12.4. The number of nitrogens with one attached hydrogen (secondary N) is 1. The Hall–Kier alpha value is -2.08. The van der Waals surface area contributed by atoms with E-state index >= 15 is 0 Å². The maximum absolute atomic E-state index is 12.4. The summed E-state index contributed by atoms with van der Waals surface area (Å²) in [5.41, 5.74) is 3.46. The number of nitrogens with zero attached hydrogens (tertiary/aromatic N) is 3. The van der Waals surface area contributed by atoms with Gasteiger partial charge in [-0.25, -0.2) is 4.79 Å². The normalized spacial score (nSPS) is 23.5. The highest BCUT2D eigenvalue weighted by Gasteiger charge is 2.53. The fourth-order valence-electron chi connectivity index (χ4n) is 2.98. The summed E-state index contributed by atoms with van der Waals surface area (Å²) < 4.78 is 0. The first kappa shape index (κ1) is 12.6. The van der Waals surface area contributed by atoms with Crippen molar-refractivity contribution in [2.24, 2.45) is 0 Å². The molecule has 1 fully saturated rings. The largest absolute Gasteiger partial charge is 0.323 e. The van der Waals surface area contributed by atoms with Crippen LogP contribution in [-0.2, 0) is 4.87 Å². The van der Waals surface area contributed by atoms with E-state index in [1.807, 2.05) is 42.2 Å². The van der Waals surface area contributed by atoms with Gasteiger partial charge in [0.25, 0.3) is 0 Å². The first-order valence-electron chi connectivity index (χ1n) is 6.84. The van der Waals surface area contributed by atoms with Crippen LogP contribution in [0.2, 0.25) is 0 Å². The minimum absolute atomic E-state index is 0.0798. The van der Waals surface area contributed by atoms with Crippen molar-refractivity contribution in [3.05, 3.63) is 53.6 Å². The van der Waals surface area contributed by atoms with Gasteiger partial charge < -0.3 is 5.32 Å². The molecule has 6 heteroatoms. The van der Waals surface area contributed by atoms with Gasteiger partial charge in [-0.15, -0.1) is 11.8 Å². The summed E-state index contributed by atoms with van der Waals surface area (Å²) in [6.45, 7) is 2.66. The molecule has 2 aliphatic rings. The van der Waals surface area contributed by atoms with Crippen LogP contribution in [0, 0.1) is 6.92 Å². The van der Waals surface area contributed by atoms with E-state index < -0.39 is 4.87 Å². The highest BCUT2D eigenvalue weighted by molar-refractivity contribution is 8.00. The lowest BCUT2D eigenvalue weighted by Gasteiger charge is -2.41. The molecule has 0 aromatic carbocycles. The Balaban J connectivity index is 2.01. The quantitative estimate of drug-likeness (QED) is 0.879. The molecule has 0 bridgehead atoms. The Morgan fingerprint density at radius 1 is 1.33 bits per heavy atom. The van der Waals surface area contributed by atoms with Crippen LogP contribution in [0.5, 0.6) is 0 Å². The Morgan fingerprint density at radius 2 is 2.24 bits per heavy atom. The minimum atomic E-state index is -0.606. The van der Waals surface area contributed by atoms with Gasteiger partial charge in [0, 0.05) is 24.2 Å². The average molecular weight is 298 g/mol. The number of aromatic nitrogens is 2. The van der Waals surface area contributed by atoms with Gasteiger partial charge >= 0.3 is 6.03 Å². The molecule has 2 aliphatic heterocycles. The van der Waals surface area contributed by atoms with E-state index in [1.165, 1.54) is 0 Å². The lowest BCUT2D eigenvalue weighted by molar-refractivity contribution is 0.192. The van der Waals surface area contributed by atoms with Crippen LogP contribution in [-0.4, -0.2) is 33.2 Å². The minimum Gasteiger partial charge on any atom is -0.306 e. The molecule has 2 aromatic heterocycles. The molecule has 106 valence electrons. The zero-order chi connectivity index (χ0) is 14.4. The molecule has 4 heterocycles. The highest BCUT2D eigenvalue weighted by Crippen LogP contribution is 2.52. The first-order valence-corrected chi connectivity index (χ1v) is 7.82. The number of anilines is 1. The van der Waals surface area contributed by atoms with Crippen molar-refractivity contribution in [1.29, 1.82) is 0 Å². The maximum Gasteiger partial charge on any atom is 0.323 e. The number of thioether (sulfide) groups is 1. The van der Waals surface area contributed by atoms with Gasteiger partial charge in [0.1, 0.15) is 5.69 Å². The number of pyridine rings is 2. The Labute approximate surface area is 126 Å². The zero-order valence-electron chi connectivity index (χ0n) is 11.5. The lowest BCUT2D eigenvalue weighted by atomic mass is 10.0. The third-order valence-electron chi connectivity index (χ3n) is 3.86. The number of fused-ring (bicyclic) bond motifs is 3. The maximum atomic E-state index is 12.4. The van der Waals surface area contributed by atoms with Crippen molar-refractivity contribution < 1.29 is 4.79 Å². The predicted molar refractivity (Wildman–Crippen MR) is 82.2 cm³/mol. The number of aryl methyl sites for hydroxylation is 1. The van der Waals surface area contributed by atoms with E-state index in [9.17, 15) is 4.79 Å². The Kier molecular flexibility index (Phi) is 2.68. The van der Waals surface area contributed by atoms with Crippen molar-refractivity contribution in [3.63, 3.8) is 0 Å². The first-order chi connectivity index (χ1) is 10.2. The summed E-state index contributed by atoms with van der Waals surface area (Å²) in [5.74, 6) is 0.874. The highest BCUT2D eigenvalue weighted by atomic mass is 32.2. The standard InChI is InChI=1S/C15H14N4OS/c1-10-4-2-6-12(17-10)15-13-11(5-3-7-16-13)18-14(20)19(15)8-9-21-15/h2-7H,8-9H2,1H3,(H,18,20). The summed E-state index contributed by atoms with van der Waals surface area (Å²) in [6.07, 6.45) is 1.77. The Bertz CT molecular complexity index is 735. The average Bonchev–Trinajstić information content (AvgIpc) is 2.94. The number of amides is 2. The van der Waals surface area contributed by atoms with E-state index in [2.05, 4.69) is 15.3 Å². The smallest absolute Gasteiger partial charge is 0.306 e. The summed E-state index contributed by atoms with van der Waals surface area (Å²) in [5, 5.41) is 2.92. The SMILES string of the molecule is Cc1cccc(C23SCCN2C(=O)Nc2cccnc23)n1. The summed E-state index contributed by atoms with van der Waals surface area (Å²) >= 11 is 1.72.